The number of carbonyl (C=O) groups is 1. The highest BCUT2D eigenvalue weighted by Gasteiger charge is 2.25. The molecule has 0 aliphatic carbocycles. The maximum Gasteiger partial charge on any atom is 0.353 e. The number of benzene rings is 1. The van der Waals surface area contributed by atoms with E-state index in [4.69, 9.17) is 9.47 Å². The summed E-state index contributed by atoms with van der Waals surface area (Å²) in [4.78, 5) is 43.0. The third-order valence-corrected chi connectivity index (χ3v) is 4.26. The summed E-state index contributed by atoms with van der Waals surface area (Å²) >= 11 is 1.33. The summed E-state index contributed by atoms with van der Waals surface area (Å²) in [6.07, 6.45) is 3.34. The van der Waals surface area contributed by atoms with E-state index in [1.54, 1.807) is 0 Å². The summed E-state index contributed by atoms with van der Waals surface area (Å²) in [5.41, 5.74) is -0.695. The van der Waals surface area contributed by atoms with E-state index in [-0.39, 0.29) is 17.2 Å². The van der Waals surface area contributed by atoms with Crippen LogP contribution in [0.25, 0.3) is 11.0 Å². The van der Waals surface area contributed by atoms with Crippen molar-refractivity contribution >= 4 is 34.5 Å². The smallest absolute Gasteiger partial charge is 0.353 e. The number of aromatic nitrogens is 3. The van der Waals surface area contributed by atoms with Gasteiger partial charge in [-0.15, -0.1) is 0 Å². The number of nitro benzene ring substituents is 1. The molecule has 0 spiro atoms. The highest BCUT2D eigenvalue weighted by molar-refractivity contribution is 7.98. The minimum atomic E-state index is -0.743. The van der Waals surface area contributed by atoms with Gasteiger partial charge in [0.15, 0.2) is 10.9 Å². The Labute approximate surface area is 162 Å². The Bertz CT molecular complexity index is 1160. The fraction of sp³-hybridized carbons (Fsp3) is 0.176. The molecule has 0 saturated heterocycles. The van der Waals surface area contributed by atoms with Crippen LogP contribution in [0.4, 0.5) is 5.69 Å². The summed E-state index contributed by atoms with van der Waals surface area (Å²) < 4.78 is 11.7. The van der Waals surface area contributed by atoms with Gasteiger partial charge in [-0.25, -0.2) is 9.97 Å². The SMILES string of the molecule is CSc1ncc2cc(Oc3cccc(OC(C)=O)c3[N+](=O)[O-])c(=O)n(C)c2n1. The first-order chi connectivity index (χ1) is 13.3. The molecular formula is C17H14N4O6S. The average molecular weight is 402 g/mol. The van der Waals surface area contributed by atoms with Crippen LogP contribution in [0.5, 0.6) is 17.2 Å². The van der Waals surface area contributed by atoms with Crippen LogP contribution in [-0.2, 0) is 11.8 Å². The van der Waals surface area contributed by atoms with Gasteiger partial charge in [0.05, 0.1) is 4.92 Å². The number of aryl methyl sites for hydroxylation is 1. The van der Waals surface area contributed by atoms with E-state index in [2.05, 4.69) is 9.97 Å². The van der Waals surface area contributed by atoms with Crippen molar-refractivity contribution < 1.29 is 19.2 Å². The lowest BCUT2D eigenvalue weighted by atomic mass is 10.2. The van der Waals surface area contributed by atoms with Crippen LogP contribution in [0.15, 0.2) is 40.4 Å². The molecule has 0 saturated carbocycles. The number of nitrogens with zero attached hydrogens (tertiary/aromatic N) is 4. The van der Waals surface area contributed by atoms with Gasteiger partial charge in [-0.05, 0) is 24.5 Å². The molecule has 2 aromatic heterocycles. The second-order valence-corrected chi connectivity index (χ2v) is 6.34. The Hall–Kier alpha value is -3.47. The fourth-order valence-corrected chi connectivity index (χ4v) is 2.83. The van der Waals surface area contributed by atoms with Gasteiger partial charge in [0, 0.05) is 25.6 Å². The Morgan fingerprint density at radius 3 is 2.64 bits per heavy atom. The summed E-state index contributed by atoms with van der Waals surface area (Å²) in [5, 5.41) is 12.5. The van der Waals surface area contributed by atoms with Gasteiger partial charge in [-0.1, -0.05) is 17.8 Å². The molecule has 0 fully saturated rings. The summed E-state index contributed by atoms with van der Waals surface area (Å²) in [7, 11) is 1.51. The van der Waals surface area contributed by atoms with Crippen molar-refractivity contribution in [1.29, 1.82) is 0 Å². The minimum absolute atomic E-state index is 0.154. The van der Waals surface area contributed by atoms with E-state index < -0.39 is 22.1 Å². The Morgan fingerprint density at radius 1 is 1.29 bits per heavy atom. The molecule has 0 aliphatic rings. The van der Waals surface area contributed by atoms with Gasteiger partial charge >= 0.3 is 11.7 Å². The number of hydrogen-bond donors (Lipinski definition) is 0. The van der Waals surface area contributed by atoms with Crippen molar-refractivity contribution in [1.82, 2.24) is 14.5 Å². The number of pyridine rings is 1. The Kier molecular flexibility index (Phi) is 5.27. The molecular weight excluding hydrogens is 388 g/mol. The predicted octanol–water partition coefficient (Wildman–Crippen LogP) is 2.68. The summed E-state index contributed by atoms with van der Waals surface area (Å²) in [5.74, 6) is -1.38. The Balaban J connectivity index is 2.13. The van der Waals surface area contributed by atoms with Gasteiger partial charge in [0.2, 0.25) is 11.5 Å². The molecule has 3 rings (SSSR count). The monoisotopic (exact) mass is 402 g/mol. The number of thioether (sulfide) groups is 1. The van der Waals surface area contributed by atoms with Crippen LogP contribution < -0.4 is 15.0 Å². The van der Waals surface area contributed by atoms with Gasteiger partial charge < -0.3 is 9.47 Å². The summed E-state index contributed by atoms with van der Waals surface area (Å²) in [6, 6.07) is 5.40. The molecule has 0 aliphatic heterocycles. The molecule has 10 nitrogen and oxygen atoms in total. The first-order valence-electron chi connectivity index (χ1n) is 7.86. The highest BCUT2D eigenvalue weighted by Crippen LogP contribution is 2.38. The Morgan fingerprint density at radius 2 is 2.00 bits per heavy atom. The standard InChI is InChI=1S/C17H14N4O6S/c1-9(22)26-11-5-4-6-12(14(11)21(24)25)27-13-7-10-8-18-17(28-3)19-15(10)20(2)16(13)23/h4-8H,1-3H3. The second-order valence-electron chi connectivity index (χ2n) is 5.56. The number of hydrogen-bond acceptors (Lipinski definition) is 9. The molecule has 0 bridgehead atoms. The normalized spacial score (nSPS) is 10.7. The number of nitro groups is 1. The van der Waals surface area contributed by atoms with Crippen molar-refractivity contribution in [3.63, 3.8) is 0 Å². The maximum atomic E-state index is 12.6. The van der Waals surface area contributed by atoms with Gasteiger partial charge in [-0.2, -0.15) is 0 Å². The maximum absolute atomic E-state index is 12.6. The molecule has 11 heteroatoms. The minimum Gasteiger partial charge on any atom is -0.444 e. The lowest BCUT2D eigenvalue weighted by Crippen LogP contribution is -2.19. The van der Waals surface area contributed by atoms with E-state index in [9.17, 15) is 19.7 Å². The van der Waals surface area contributed by atoms with Crippen LogP contribution in [0.2, 0.25) is 0 Å². The highest BCUT2D eigenvalue weighted by atomic mass is 32.2. The number of para-hydroxylation sites is 1. The van der Waals surface area contributed by atoms with E-state index in [1.165, 1.54) is 53.8 Å². The summed E-state index contributed by atoms with van der Waals surface area (Å²) in [6.45, 7) is 1.12. The average Bonchev–Trinajstić information content (AvgIpc) is 2.65. The zero-order valence-electron chi connectivity index (χ0n) is 15.0. The van der Waals surface area contributed by atoms with Crippen LogP contribution >= 0.6 is 11.8 Å². The van der Waals surface area contributed by atoms with E-state index >= 15 is 0 Å². The molecule has 0 amide bonds. The van der Waals surface area contributed by atoms with Crippen LogP contribution in [0.3, 0.4) is 0 Å². The van der Waals surface area contributed by atoms with Crippen LogP contribution in [-0.4, -0.2) is 31.7 Å². The van der Waals surface area contributed by atoms with E-state index in [0.29, 0.717) is 16.2 Å². The first-order valence-corrected chi connectivity index (χ1v) is 9.08. The zero-order valence-corrected chi connectivity index (χ0v) is 15.8. The fourth-order valence-electron chi connectivity index (χ4n) is 2.49. The van der Waals surface area contributed by atoms with Gasteiger partial charge in [-0.3, -0.25) is 24.3 Å². The van der Waals surface area contributed by atoms with Gasteiger partial charge in [0.1, 0.15) is 5.65 Å². The van der Waals surface area contributed by atoms with Gasteiger partial charge in [0.25, 0.3) is 5.56 Å². The third-order valence-electron chi connectivity index (χ3n) is 3.69. The molecule has 0 N–H and O–H groups in total. The number of carbonyl (C=O) groups excluding carboxylic acids is 1. The first kappa shape index (κ1) is 19.3. The quantitative estimate of drug-likeness (QED) is 0.158. The zero-order chi connectivity index (χ0) is 20.4. The van der Waals surface area contributed by atoms with Crippen molar-refractivity contribution in [2.75, 3.05) is 6.26 Å². The molecule has 0 radical (unpaired) electrons. The topological polar surface area (TPSA) is 126 Å². The number of esters is 1. The van der Waals surface area contributed by atoms with Crippen molar-refractivity contribution in [3.8, 4) is 17.2 Å². The largest absolute Gasteiger partial charge is 0.444 e. The molecule has 144 valence electrons. The van der Waals surface area contributed by atoms with E-state index in [0.717, 1.165) is 6.92 Å². The number of ether oxygens (including phenoxy) is 2. The van der Waals surface area contributed by atoms with E-state index in [1.807, 2.05) is 6.26 Å². The molecule has 28 heavy (non-hydrogen) atoms. The lowest BCUT2D eigenvalue weighted by Gasteiger charge is -2.11. The third kappa shape index (κ3) is 3.64. The molecule has 0 unspecified atom stereocenters. The number of rotatable bonds is 5. The lowest BCUT2D eigenvalue weighted by molar-refractivity contribution is -0.386. The van der Waals surface area contributed by atoms with Crippen molar-refractivity contribution in [2.45, 2.75) is 12.1 Å². The van der Waals surface area contributed by atoms with Crippen LogP contribution in [0.1, 0.15) is 6.92 Å². The van der Waals surface area contributed by atoms with Crippen molar-refractivity contribution in [3.05, 3.63) is 50.9 Å². The predicted molar refractivity (Wildman–Crippen MR) is 101 cm³/mol. The molecule has 1 aromatic carbocycles. The molecule has 0 atom stereocenters. The number of fused-ring (bicyclic) bond motifs is 1. The van der Waals surface area contributed by atoms with Crippen LogP contribution in [0, 0.1) is 10.1 Å². The second kappa shape index (κ2) is 7.64. The molecule has 2 heterocycles. The molecule has 3 aromatic rings. The van der Waals surface area contributed by atoms with Crippen molar-refractivity contribution in [2.24, 2.45) is 7.05 Å².